The molecule has 0 N–H and O–H groups in total. The van der Waals surface area contributed by atoms with Crippen molar-refractivity contribution in [2.45, 2.75) is 19.8 Å². The number of hydrogen-bond acceptors (Lipinski definition) is 3. The van der Waals surface area contributed by atoms with E-state index in [2.05, 4.69) is 0 Å². The summed E-state index contributed by atoms with van der Waals surface area (Å²) >= 11 is 0. The fourth-order valence-electron chi connectivity index (χ4n) is 2.43. The third-order valence-electron chi connectivity index (χ3n) is 3.63. The van der Waals surface area contributed by atoms with E-state index < -0.39 is 7.75 Å². The summed E-state index contributed by atoms with van der Waals surface area (Å²) in [7, 11) is -3.39. The lowest BCUT2D eigenvalue weighted by Gasteiger charge is -2.26. The molecule has 1 atom stereocenters. The van der Waals surface area contributed by atoms with Gasteiger partial charge in [0, 0.05) is 13.1 Å². The van der Waals surface area contributed by atoms with E-state index in [1.165, 1.54) is 0 Å². The van der Waals surface area contributed by atoms with E-state index in [1.807, 2.05) is 54.1 Å². The number of para-hydroxylation sites is 1. The molecule has 0 radical (unpaired) electrons. The monoisotopic (exact) mass is 317 g/mol. The minimum absolute atomic E-state index is 0.560. The molecule has 1 fully saturated rings. The van der Waals surface area contributed by atoms with Crippen molar-refractivity contribution in [1.29, 1.82) is 0 Å². The number of rotatable bonds is 5. The van der Waals surface area contributed by atoms with E-state index in [-0.39, 0.29) is 0 Å². The summed E-state index contributed by atoms with van der Waals surface area (Å²) < 4.78 is 26.7. The van der Waals surface area contributed by atoms with Crippen LogP contribution in [0.2, 0.25) is 0 Å². The van der Waals surface area contributed by atoms with E-state index in [0.717, 1.165) is 31.5 Å². The normalized spacial score (nSPS) is 17.9. The van der Waals surface area contributed by atoms with Crippen LogP contribution in [0.5, 0.6) is 11.5 Å². The second kappa shape index (κ2) is 6.55. The van der Waals surface area contributed by atoms with Gasteiger partial charge in [0.15, 0.2) is 0 Å². The molecule has 2 aromatic carbocycles. The second-order valence-electron chi connectivity index (χ2n) is 5.44. The van der Waals surface area contributed by atoms with Crippen LogP contribution in [0.15, 0.2) is 54.6 Å². The molecule has 1 heterocycles. The summed E-state index contributed by atoms with van der Waals surface area (Å²) in [5, 5.41) is 0. The average molecular weight is 317 g/mol. The van der Waals surface area contributed by atoms with Crippen LogP contribution in [0.4, 0.5) is 0 Å². The average Bonchev–Trinajstić information content (AvgIpc) is 3.06. The first kappa shape index (κ1) is 15.1. The Balaban J connectivity index is 1.85. The van der Waals surface area contributed by atoms with Gasteiger partial charge in [0.2, 0.25) is 0 Å². The van der Waals surface area contributed by atoms with Crippen molar-refractivity contribution in [2.75, 3.05) is 13.1 Å². The topological polar surface area (TPSA) is 38.8 Å². The summed E-state index contributed by atoms with van der Waals surface area (Å²) in [6, 6.07) is 16.7. The van der Waals surface area contributed by atoms with Crippen molar-refractivity contribution in [1.82, 2.24) is 4.67 Å². The van der Waals surface area contributed by atoms with Crippen LogP contribution in [-0.4, -0.2) is 17.8 Å². The molecule has 5 heteroatoms. The highest BCUT2D eigenvalue weighted by atomic mass is 31.2. The van der Waals surface area contributed by atoms with Crippen LogP contribution in [-0.2, 0) is 4.57 Å². The van der Waals surface area contributed by atoms with Gasteiger partial charge in [-0.2, -0.15) is 4.67 Å². The molecule has 3 rings (SSSR count). The van der Waals surface area contributed by atoms with Crippen LogP contribution in [0.1, 0.15) is 18.4 Å². The van der Waals surface area contributed by atoms with Gasteiger partial charge in [0.25, 0.3) is 0 Å². The van der Waals surface area contributed by atoms with Crippen molar-refractivity contribution < 1.29 is 13.6 Å². The third kappa shape index (κ3) is 3.52. The maximum absolute atomic E-state index is 13.3. The molecule has 116 valence electrons. The molecule has 0 spiro atoms. The zero-order valence-electron chi connectivity index (χ0n) is 12.6. The number of nitrogens with zero attached hydrogens (tertiary/aromatic N) is 1. The van der Waals surface area contributed by atoms with Crippen LogP contribution in [0.25, 0.3) is 0 Å². The molecule has 0 amide bonds. The number of aryl methyl sites for hydroxylation is 1. The van der Waals surface area contributed by atoms with Crippen molar-refractivity contribution in [2.24, 2.45) is 0 Å². The van der Waals surface area contributed by atoms with Gasteiger partial charge in [-0.1, -0.05) is 35.9 Å². The molecule has 1 aliphatic rings. The lowest BCUT2D eigenvalue weighted by Crippen LogP contribution is -2.22. The molecule has 2 aromatic rings. The largest absolute Gasteiger partial charge is 0.515 e. The molecule has 22 heavy (non-hydrogen) atoms. The molecule has 0 aliphatic carbocycles. The van der Waals surface area contributed by atoms with Gasteiger partial charge in [-0.15, -0.1) is 0 Å². The highest BCUT2D eigenvalue weighted by Gasteiger charge is 2.38. The van der Waals surface area contributed by atoms with Gasteiger partial charge in [0.1, 0.15) is 11.5 Å². The van der Waals surface area contributed by atoms with E-state index in [1.54, 1.807) is 12.1 Å². The molecule has 1 saturated heterocycles. The first-order valence-corrected chi connectivity index (χ1v) is 9.02. The molecule has 1 aliphatic heterocycles. The van der Waals surface area contributed by atoms with Gasteiger partial charge >= 0.3 is 7.75 Å². The zero-order chi connectivity index (χ0) is 15.4. The Morgan fingerprint density at radius 1 is 0.864 bits per heavy atom. The molecule has 4 nitrogen and oxygen atoms in total. The second-order valence-corrected chi connectivity index (χ2v) is 7.31. The van der Waals surface area contributed by atoms with Crippen molar-refractivity contribution in [3.05, 3.63) is 60.2 Å². The van der Waals surface area contributed by atoms with Crippen LogP contribution in [0.3, 0.4) is 0 Å². The number of benzene rings is 2. The number of hydrogen-bond donors (Lipinski definition) is 0. The Bertz CT molecular complexity index is 651. The Morgan fingerprint density at radius 2 is 1.41 bits per heavy atom. The van der Waals surface area contributed by atoms with Gasteiger partial charge in [-0.05, 0) is 44.0 Å². The van der Waals surface area contributed by atoms with Gasteiger partial charge in [-0.3, -0.25) is 0 Å². The fourth-order valence-corrected chi connectivity index (χ4v) is 4.24. The Morgan fingerprint density at radius 3 is 2.00 bits per heavy atom. The zero-order valence-corrected chi connectivity index (χ0v) is 13.5. The maximum atomic E-state index is 13.3. The first-order valence-electron chi connectivity index (χ1n) is 7.52. The minimum atomic E-state index is -3.39. The quantitative estimate of drug-likeness (QED) is 0.752. The minimum Gasteiger partial charge on any atom is -0.404 e. The Kier molecular flexibility index (Phi) is 4.51. The molecule has 0 aromatic heterocycles. The smallest absolute Gasteiger partial charge is 0.404 e. The Hall–Kier alpha value is -1.77. The van der Waals surface area contributed by atoms with E-state index >= 15 is 0 Å². The van der Waals surface area contributed by atoms with E-state index in [4.69, 9.17) is 9.05 Å². The van der Waals surface area contributed by atoms with Crippen molar-refractivity contribution >= 4 is 7.75 Å². The Labute approximate surface area is 131 Å². The first-order chi connectivity index (χ1) is 10.7. The SMILES string of the molecule is Cc1ccc(OP(=O)(Oc2ccccc2)N2CCCC2)cc1. The predicted molar refractivity (Wildman–Crippen MR) is 87.3 cm³/mol. The summed E-state index contributed by atoms with van der Waals surface area (Å²) in [4.78, 5) is 0. The van der Waals surface area contributed by atoms with Gasteiger partial charge in [-0.25, -0.2) is 4.57 Å². The van der Waals surface area contributed by atoms with Crippen LogP contribution in [0, 0.1) is 6.92 Å². The molecular formula is C17H20NO3P. The lowest BCUT2D eigenvalue weighted by molar-refractivity contribution is 0.307. The molecule has 0 bridgehead atoms. The van der Waals surface area contributed by atoms with E-state index in [9.17, 15) is 4.57 Å². The summed E-state index contributed by atoms with van der Waals surface area (Å²) in [6.45, 7) is 3.47. The summed E-state index contributed by atoms with van der Waals surface area (Å²) in [5.74, 6) is 1.13. The predicted octanol–water partition coefficient (Wildman–Crippen LogP) is 4.66. The summed E-state index contributed by atoms with van der Waals surface area (Å²) in [5.41, 5.74) is 1.13. The van der Waals surface area contributed by atoms with Gasteiger partial charge in [0.05, 0.1) is 0 Å². The van der Waals surface area contributed by atoms with Gasteiger partial charge < -0.3 is 9.05 Å². The fraction of sp³-hybridized carbons (Fsp3) is 0.294. The van der Waals surface area contributed by atoms with Crippen LogP contribution < -0.4 is 9.05 Å². The van der Waals surface area contributed by atoms with Crippen molar-refractivity contribution in [3.8, 4) is 11.5 Å². The molecular weight excluding hydrogens is 297 g/mol. The van der Waals surface area contributed by atoms with Crippen LogP contribution >= 0.6 is 7.75 Å². The molecule has 0 saturated carbocycles. The molecule has 1 unspecified atom stereocenters. The highest BCUT2D eigenvalue weighted by Crippen LogP contribution is 2.53. The lowest BCUT2D eigenvalue weighted by atomic mass is 10.2. The highest BCUT2D eigenvalue weighted by molar-refractivity contribution is 7.52. The third-order valence-corrected chi connectivity index (χ3v) is 5.61. The van der Waals surface area contributed by atoms with Crippen molar-refractivity contribution in [3.63, 3.8) is 0 Å². The summed E-state index contributed by atoms with van der Waals surface area (Å²) in [6.07, 6.45) is 2.03. The standard InChI is InChI=1S/C17H20NO3P/c1-15-9-11-17(12-10-15)21-22(19,18-13-5-6-14-18)20-16-7-3-2-4-8-16/h2-4,7-12H,5-6,13-14H2,1H3. The van der Waals surface area contributed by atoms with E-state index in [0.29, 0.717) is 11.5 Å². The maximum Gasteiger partial charge on any atom is 0.515 e.